The van der Waals surface area contributed by atoms with E-state index in [9.17, 15) is 4.79 Å². The Morgan fingerprint density at radius 2 is 2.00 bits per heavy atom. The van der Waals surface area contributed by atoms with E-state index in [4.69, 9.17) is 4.74 Å². The van der Waals surface area contributed by atoms with Gasteiger partial charge in [-0.2, -0.15) is 5.10 Å². The monoisotopic (exact) mass is 264 g/mol. The highest BCUT2D eigenvalue weighted by Crippen LogP contribution is 2.37. The second-order valence-electron chi connectivity index (χ2n) is 7.21. The molecule has 0 spiro atoms. The third-order valence-electron chi connectivity index (χ3n) is 4.02. The summed E-state index contributed by atoms with van der Waals surface area (Å²) in [7, 11) is 0. The van der Waals surface area contributed by atoms with Crippen LogP contribution in [0.15, 0.2) is 5.10 Å². The SMILES string of the molecule is CC(C)(C)OC1CC(N2N=C(CC3CC3)CC2=O)C1. The minimum Gasteiger partial charge on any atom is -0.372 e. The lowest BCUT2D eigenvalue weighted by Crippen LogP contribution is -2.48. The molecule has 0 N–H and O–H groups in total. The van der Waals surface area contributed by atoms with Crippen LogP contribution >= 0.6 is 0 Å². The van der Waals surface area contributed by atoms with E-state index in [2.05, 4.69) is 25.9 Å². The Morgan fingerprint density at radius 1 is 1.32 bits per heavy atom. The van der Waals surface area contributed by atoms with E-state index in [0.29, 0.717) is 12.5 Å². The van der Waals surface area contributed by atoms with Gasteiger partial charge in [0.1, 0.15) is 0 Å². The van der Waals surface area contributed by atoms with Gasteiger partial charge < -0.3 is 4.74 Å². The molecule has 19 heavy (non-hydrogen) atoms. The molecule has 0 bridgehead atoms. The van der Waals surface area contributed by atoms with Crippen LogP contribution in [0.3, 0.4) is 0 Å². The van der Waals surface area contributed by atoms with Crippen molar-refractivity contribution in [2.45, 2.75) is 77.0 Å². The van der Waals surface area contributed by atoms with Crippen LogP contribution in [-0.4, -0.2) is 34.4 Å². The Labute approximate surface area is 115 Å². The predicted octanol–water partition coefficient (Wildman–Crippen LogP) is 2.72. The fourth-order valence-electron chi connectivity index (χ4n) is 2.89. The summed E-state index contributed by atoms with van der Waals surface area (Å²) in [6.45, 7) is 6.23. The maximum absolute atomic E-state index is 12.0. The Hall–Kier alpha value is -0.900. The zero-order valence-electron chi connectivity index (χ0n) is 12.2. The molecule has 1 aliphatic heterocycles. The van der Waals surface area contributed by atoms with Gasteiger partial charge in [-0.25, -0.2) is 5.01 Å². The van der Waals surface area contributed by atoms with E-state index in [1.165, 1.54) is 12.8 Å². The Balaban J connectivity index is 1.50. The zero-order chi connectivity index (χ0) is 13.6. The van der Waals surface area contributed by atoms with Gasteiger partial charge in [0, 0.05) is 5.71 Å². The van der Waals surface area contributed by atoms with Crippen molar-refractivity contribution in [3.05, 3.63) is 0 Å². The molecular formula is C15H24N2O2. The summed E-state index contributed by atoms with van der Waals surface area (Å²) in [5.74, 6) is 1.000. The van der Waals surface area contributed by atoms with Crippen molar-refractivity contribution >= 4 is 11.6 Å². The van der Waals surface area contributed by atoms with E-state index < -0.39 is 0 Å². The maximum atomic E-state index is 12.0. The lowest BCUT2D eigenvalue weighted by molar-refractivity contribution is -0.145. The number of hydrogen-bond acceptors (Lipinski definition) is 3. The third-order valence-corrected chi connectivity index (χ3v) is 4.02. The van der Waals surface area contributed by atoms with Crippen molar-refractivity contribution in [2.24, 2.45) is 11.0 Å². The van der Waals surface area contributed by atoms with Crippen LogP contribution in [0.4, 0.5) is 0 Å². The van der Waals surface area contributed by atoms with Crippen molar-refractivity contribution in [1.82, 2.24) is 5.01 Å². The molecule has 2 saturated carbocycles. The number of hydrazone groups is 1. The molecule has 0 radical (unpaired) electrons. The largest absolute Gasteiger partial charge is 0.372 e. The molecule has 0 saturated heterocycles. The average Bonchev–Trinajstić information content (AvgIpc) is 2.95. The van der Waals surface area contributed by atoms with Gasteiger partial charge in [0.05, 0.1) is 24.2 Å². The van der Waals surface area contributed by atoms with Crippen molar-refractivity contribution in [2.75, 3.05) is 0 Å². The van der Waals surface area contributed by atoms with Crippen LogP contribution in [0.5, 0.6) is 0 Å². The fraction of sp³-hybridized carbons (Fsp3) is 0.867. The molecule has 0 aromatic heterocycles. The summed E-state index contributed by atoms with van der Waals surface area (Å²) < 4.78 is 5.91. The van der Waals surface area contributed by atoms with Crippen LogP contribution in [0, 0.1) is 5.92 Å². The summed E-state index contributed by atoms with van der Waals surface area (Å²) in [4.78, 5) is 12.0. The first-order valence-corrected chi connectivity index (χ1v) is 7.47. The summed E-state index contributed by atoms with van der Waals surface area (Å²) in [6, 6.07) is 0.275. The van der Waals surface area contributed by atoms with Gasteiger partial charge in [-0.3, -0.25) is 4.79 Å². The Bertz CT molecular complexity index is 401. The second kappa shape index (κ2) is 4.58. The molecule has 3 rings (SSSR count). The third kappa shape index (κ3) is 3.16. The van der Waals surface area contributed by atoms with E-state index in [-0.39, 0.29) is 17.6 Å². The summed E-state index contributed by atoms with van der Waals surface area (Å²) in [6.07, 6.45) is 6.39. The second-order valence-corrected chi connectivity index (χ2v) is 7.21. The Morgan fingerprint density at radius 3 is 2.58 bits per heavy atom. The minimum atomic E-state index is -0.0922. The van der Waals surface area contributed by atoms with E-state index in [1.54, 1.807) is 5.01 Å². The molecule has 1 heterocycles. The van der Waals surface area contributed by atoms with Crippen molar-refractivity contribution in [1.29, 1.82) is 0 Å². The molecule has 3 aliphatic rings. The first kappa shape index (κ1) is 13.1. The van der Waals surface area contributed by atoms with Crippen LogP contribution in [0.1, 0.15) is 59.3 Å². The number of carbonyl (C=O) groups excluding carboxylic acids is 1. The van der Waals surface area contributed by atoms with E-state index in [1.807, 2.05) is 0 Å². The highest BCUT2D eigenvalue weighted by Gasteiger charge is 2.41. The van der Waals surface area contributed by atoms with Crippen molar-refractivity contribution in [3.63, 3.8) is 0 Å². The molecule has 0 aromatic rings. The maximum Gasteiger partial charge on any atom is 0.248 e. The molecule has 4 heteroatoms. The predicted molar refractivity (Wildman–Crippen MR) is 73.9 cm³/mol. The van der Waals surface area contributed by atoms with Crippen LogP contribution < -0.4 is 0 Å². The smallest absolute Gasteiger partial charge is 0.248 e. The van der Waals surface area contributed by atoms with Gasteiger partial charge in [0.25, 0.3) is 0 Å². The van der Waals surface area contributed by atoms with Gasteiger partial charge in [0.2, 0.25) is 5.91 Å². The average molecular weight is 264 g/mol. The lowest BCUT2D eigenvalue weighted by atomic mass is 9.88. The summed E-state index contributed by atoms with van der Waals surface area (Å²) in [5, 5.41) is 6.28. The molecule has 0 aromatic carbocycles. The number of nitrogens with zero attached hydrogens (tertiary/aromatic N) is 2. The lowest BCUT2D eigenvalue weighted by Gasteiger charge is -2.41. The first-order valence-electron chi connectivity index (χ1n) is 7.47. The standard InChI is InChI=1S/C15H24N2O2/c1-15(2,3)19-13-8-12(9-13)17-14(18)7-11(16-17)6-10-4-5-10/h10,12-13H,4-9H2,1-3H3. The fourth-order valence-corrected chi connectivity index (χ4v) is 2.89. The molecule has 4 nitrogen and oxygen atoms in total. The minimum absolute atomic E-state index is 0.0922. The molecule has 106 valence electrons. The van der Waals surface area contributed by atoms with Crippen molar-refractivity contribution < 1.29 is 9.53 Å². The van der Waals surface area contributed by atoms with E-state index >= 15 is 0 Å². The zero-order valence-corrected chi connectivity index (χ0v) is 12.2. The molecular weight excluding hydrogens is 240 g/mol. The number of hydrogen-bond donors (Lipinski definition) is 0. The van der Waals surface area contributed by atoms with Gasteiger partial charge in [0.15, 0.2) is 0 Å². The topological polar surface area (TPSA) is 41.9 Å². The van der Waals surface area contributed by atoms with Crippen LogP contribution in [0.25, 0.3) is 0 Å². The van der Waals surface area contributed by atoms with Crippen LogP contribution in [0.2, 0.25) is 0 Å². The van der Waals surface area contributed by atoms with E-state index in [0.717, 1.165) is 30.9 Å². The van der Waals surface area contributed by atoms with Gasteiger partial charge in [-0.1, -0.05) is 0 Å². The highest BCUT2D eigenvalue weighted by atomic mass is 16.5. The van der Waals surface area contributed by atoms with Crippen molar-refractivity contribution in [3.8, 4) is 0 Å². The molecule has 2 aliphatic carbocycles. The molecule has 2 fully saturated rings. The quantitative estimate of drug-likeness (QED) is 0.783. The van der Waals surface area contributed by atoms with Gasteiger partial charge >= 0.3 is 0 Å². The Kier molecular flexibility index (Phi) is 3.16. The summed E-state index contributed by atoms with van der Waals surface area (Å²) >= 11 is 0. The number of carbonyl (C=O) groups is 1. The number of amides is 1. The van der Waals surface area contributed by atoms with Gasteiger partial charge in [-0.05, 0) is 58.8 Å². The first-order chi connectivity index (χ1) is 8.90. The molecule has 0 unspecified atom stereocenters. The molecule has 1 amide bonds. The molecule has 0 atom stereocenters. The van der Waals surface area contributed by atoms with Gasteiger partial charge in [-0.15, -0.1) is 0 Å². The number of ether oxygens (including phenoxy) is 1. The number of rotatable bonds is 4. The van der Waals surface area contributed by atoms with Crippen LogP contribution in [-0.2, 0) is 9.53 Å². The normalized spacial score (nSPS) is 31.4. The highest BCUT2D eigenvalue weighted by molar-refractivity contribution is 6.05. The summed E-state index contributed by atoms with van der Waals surface area (Å²) in [5.41, 5.74) is 1.01.